The highest BCUT2D eigenvalue weighted by Crippen LogP contribution is 2.19. The maximum Gasteiger partial charge on any atom is 0.261 e. The van der Waals surface area contributed by atoms with E-state index >= 15 is 0 Å². The zero-order valence-corrected chi connectivity index (χ0v) is 11.9. The number of nitrogens with one attached hydrogen (secondary N) is 1. The first-order valence-corrected chi connectivity index (χ1v) is 6.52. The van der Waals surface area contributed by atoms with E-state index in [1.165, 1.54) is 12.7 Å². The number of amides is 1. The van der Waals surface area contributed by atoms with Crippen LogP contribution in [0.15, 0.2) is 42.6 Å². The molecule has 0 saturated carbocycles. The Labute approximate surface area is 118 Å². The summed E-state index contributed by atoms with van der Waals surface area (Å²) in [7, 11) is 1.50. The fourth-order valence-corrected chi connectivity index (χ4v) is 1.88. The molecule has 0 radical (unpaired) electrons. The molecule has 1 aromatic carbocycles. The topological polar surface area (TPSA) is 51.2 Å². The molecule has 1 N–H and O–H groups in total. The Kier molecular flexibility index (Phi) is 4.35. The first kappa shape index (κ1) is 14.1. The molecule has 104 valence electrons. The lowest BCUT2D eigenvalue weighted by atomic mass is 10.0. The van der Waals surface area contributed by atoms with Crippen LogP contribution < -0.4 is 10.1 Å². The Morgan fingerprint density at radius 2 is 1.90 bits per heavy atom. The quantitative estimate of drug-likeness (QED) is 0.925. The van der Waals surface area contributed by atoms with E-state index in [0.29, 0.717) is 17.4 Å². The molecule has 0 spiro atoms. The van der Waals surface area contributed by atoms with Crippen molar-refractivity contribution in [3.63, 3.8) is 0 Å². The monoisotopic (exact) mass is 270 g/mol. The van der Waals surface area contributed by atoms with Gasteiger partial charge in [0.15, 0.2) is 0 Å². The van der Waals surface area contributed by atoms with Gasteiger partial charge in [-0.15, -0.1) is 0 Å². The normalized spacial score (nSPS) is 10.4. The molecule has 1 heterocycles. The molecule has 0 fully saturated rings. The van der Waals surface area contributed by atoms with Crippen LogP contribution in [0.5, 0.6) is 5.88 Å². The third-order valence-corrected chi connectivity index (χ3v) is 3.04. The van der Waals surface area contributed by atoms with E-state index in [-0.39, 0.29) is 5.91 Å². The summed E-state index contributed by atoms with van der Waals surface area (Å²) in [5.74, 6) is 0.564. The summed E-state index contributed by atoms with van der Waals surface area (Å²) < 4.78 is 5.08. The summed E-state index contributed by atoms with van der Waals surface area (Å²) in [6.45, 7) is 4.27. The van der Waals surface area contributed by atoms with Crippen LogP contribution in [-0.4, -0.2) is 18.0 Å². The summed E-state index contributed by atoms with van der Waals surface area (Å²) in [5.41, 5.74) is 2.41. The van der Waals surface area contributed by atoms with Crippen molar-refractivity contribution in [1.29, 1.82) is 0 Å². The maximum absolute atomic E-state index is 12.2. The van der Waals surface area contributed by atoms with E-state index in [1.807, 2.05) is 24.3 Å². The summed E-state index contributed by atoms with van der Waals surface area (Å²) in [4.78, 5) is 16.2. The van der Waals surface area contributed by atoms with Crippen molar-refractivity contribution in [1.82, 2.24) is 4.98 Å². The summed E-state index contributed by atoms with van der Waals surface area (Å²) >= 11 is 0. The molecule has 0 saturated heterocycles. The molecule has 0 bridgehead atoms. The number of rotatable bonds is 4. The third-order valence-electron chi connectivity index (χ3n) is 3.04. The van der Waals surface area contributed by atoms with Crippen LogP contribution in [-0.2, 0) is 0 Å². The molecule has 0 unspecified atom stereocenters. The number of hydrogen-bond acceptors (Lipinski definition) is 3. The first-order valence-electron chi connectivity index (χ1n) is 6.52. The van der Waals surface area contributed by atoms with Crippen LogP contribution in [0.3, 0.4) is 0 Å². The number of methoxy groups -OCH3 is 1. The van der Waals surface area contributed by atoms with E-state index in [1.54, 1.807) is 18.3 Å². The van der Waals surface area contributed by atoms with Crippen LogP contribution in [0.1, 0.15) is 35.7 Å². The Bertz CT molecular complexity index is 592. The lowest BCUT2D eigenvalue weighted by molar-refractivity contribution is 0.102. The fourth-order valence-electron chi connectivity index (χ4n) is 1.88. The van der Waals surface area contributed by atoms with Gasteiger partial charge in [0, 0.05) is 11.9 Å². The lowest BCUT2D eigenvalue weighted by Crippen LogP contribution is -2.13. The minimum Gasteiger partial charge on any atom is -0.480 e. The number of hydrogen-bond donors (Lipinski definition) is 1. The summed E-state index contributed by atoms with van der Waals surface area (Å²) in [5, 5.41) is 2.84. The predicted octanol–water partition coefficient (Wildman–Crippen LogP) is 3.47. The van der Waals surface area contributed by atoms with Crippen molar-refractivity contribution in [2.75, 3.05) is 12.4 Å². The number of aromatic nitrogens is 1. The molecule has 4 heteroatoms. The highest BCUT2D eigenvalue weighted by molar-refractivity contribution is 6.05. The van der Waals surface area contributed by atoms with Crippen molar-refractivity contribution >= 4 is 11.6 Å². The first-order chi connectivity index (χ1) is 9.61. The van der Waals surface area contributed by atoms with Gasteiger partial charge in [0.1, 0.15) is 5.56 Å². The number of anilines is 1. The SMILES string of the molecule is COc1ncccc1C(=O)Nc1ccc(C(C)C)cc1. The highest BCUT2D eigenvalue weighted by atomic mass is 16.5. The summed E-state index contributed by atoms with van der Waals surface area (Å²) in [6.07, 6.45) is 1.59. The average Bonchev–Trinajstić information content (AvgIpc) is 2.47. The van der Waals surface area contributed by atoms with Crippen molar-refractivity contribution < 1.29 is 9.53 Å². The number of pyridine rings is 1. The Balaban J connectivity index is 2.15. The van der Waals surface area contributed by atoms with Crippen molar-refractivity contribution in [2.45, 2.75) is 19.8 Å². The Hall–Kier alpha value is -2.36. The van der Waals surface area contributed by atoms with Crippen LogP contribution in [0.2, 0.25) is 0 Å². The zero-order valence-electron chi connectivity index (χ0n) is 11.9. The van der Waals surface area contributed by atoms with Gasteiger partial charge in [-0.2, -0.15) is 0 Å². The van der Waals surface area contributed by atoms with E-state index < -0.39 is 0 Å². The van der Waals surface area contributed by atoms with Gasteiger partial charge in [-0.1, -0.05) is 26.0 Å². The Morgan fingerprint density at radius 1 is 1.20 bits per heavy atom. The predicted molar refractivity (Wildman–Crippen MR) is 79.3 cm³/mol. The number of carbonyl (C=O) groups excluding carboxylic acids is 1. The molecule has 0 atom stereocenters. The largest absolute Gasteiger partial charge is 0.480 e. The minimum absolute atomic E-state index is 0.229. The number of carbonyl (C=O) groups is 1. The molecular weight excluding hydrogens is 252 g/mol. The maximum atomic E-state index is 12.2. The van der Waals surface area contributed by atoms with Gasteiger partial charge in [-0.05, 0) is 35.7 Å². The van der Waals surface area contributed by atoms with Crippen LogP contribution in [0, 0.1) is 0 Å². The molecule has 0 aliphatic heterocycles. The second-order valence-electron chi connectivity index (χ2n) is 4.79. The van der Waals surface area contributed by atoms with Gasteiger partial charge >= 0.3 is 0 Å². The van der Waals surface area contributed by atoms with Gasteiger partial charge in [0.25, 0.3) is 5.91 Å². The highest BCUT2D eigenvalue weighted by Gasteiger charge is 2.12. The zero-order chi connectivity index (χ0) is 14.5. The number of ether oxygens (including phenoxy) is 1. The van der Waals surface area contributed by atoms with E-state index in [0.717, 1.165) is 5.69 Å². The summed E-state index contributed by atoms with van der Waals surface area (Å²) in [6, 6.07) is 11.2. The van der Waals surface area contributed by atoms with Crippen molar-refractivity contribution in [2.24, 2.45) is 0 Å². The smallest absolute Gasteiger partial charge is 0.261 e. The molecule has 0 aliphatic carbocycles. The van der Waals surface area contributed by atoms with Crippen LogP contribution in [0.4, 0.5) is 5.69 Å². The van der Waals surface area contributed by atoms with Gasteiger partial charge < -0.3 is 10.1 Å². The molecule has 1 amide bonds. The van der Waals surface area contributed by atoms with Crippen molar-refractivity contribution in [3.05, 3.63) is 53.7 Å². The third kappa shape index (κ3) is 3.15. The van der Waals surface area contributed by atoms with Gasteiger partial charge in [-0.25, -0.2) is 4.98 Å². The Morgan fingerprint density at radius 3 is 2.50 bits per heavy atom. The number of benzene rings is 1. The molecule has 4 nitrogen and oxygen atoms in total. The van der Waals surface area contributed by atoms with Crippen molar-refractivity contribution in [3.8, 4) is 5.88 Å². The molecule has 2 rings (SSSR count). The van der Waals surface area contributed by atoms with Gasteiger partial charge in [-0.3, -0.25) is 4.79 Å². The molecule has 1 aromatic heterocycles. The molecule has 20 heavy (non-hydrogen) atoms. The van der Waals surface area contributed by atoms with Gasteiger partial charge in [0.2, 0.25) is 5.88 Å². The molecule has 0 aliphatic rings. The van der Waals surface area contributed by atoms with E-state index in [4.69, 9.17) is 4.74 Å². The average molecular weight is 270 g/mol. The van der Waals surface area contributed by atoms with Crippen LogP contribution in [0.25, 0.3) is 0 Å². The second kappa shape index (κ2) is 6.19. The van der Waals surface area contributed by atoms with Crippen LogP contribution >= 0.6 is 0 Å². The minimum atomic E-state index is -0.229. The number of nitrogens with zero attached hydrogens (tertiary/aromatic N) is 1. The standard InChI is InChI=1S/C16H18N2O2/c1-11(2)12-6-8-13(9-7-12)18-15(19)14-5-4-10-17-16(14)20-3/h4-11H,1-3H3,(H,18,19). The molecule has 2 aromatic rings. The fraction of sp³-hybridized carbons (Fsp3) is 0.250. The van der Waals surface area contributed by atoms with E-state index in [2.05, 4.69) is 24.1 Å². The lowest BCUT2D eigenvalue weighted by Gasteiger charge is -2.10. The van der Waals surface area contributed by atoms with E-state index in [9.17, 15) is 4.79 Å². The second-order valence-corrected chi connectivity index (χ2v) is 4.79. The molecular formula is C16H18N2O2. The van der Waals surface area contributed by atoms with Gasteiger partial charge in [0.05, 0.1) is 7.11 Å².